The van der Waals surface area contributed by atoms with Gasteiger partial charge in [0.1, 0.15) is 0 Å². The molecule has 1 aliphatic rings. The Hall–Kier alpha value is -0.860. The Bertz CT molecular complexity index is 402. The molecule has 112 valence electrons. The van der Waals surface area contributed by atoms with Crippen molar-refractivity contribution in [3.63, 3.8) is 0 Å². The summed E-state index contributed by atoms with van der Waals surface area (Å²) in [5.74, 6) is 0. The van der Waals surface area contributed by atoms with Gasteiger partial charge in [0.2, 0.25) is 0 Å². The lowest BCUT2D eigenvalue weighted by Crippen LogP contribution is -2.41. The zero-order valence-electron chi connectivity index (χ0n) is 13.4. The van der Waals surface area contributed by atoms with E-state index in [0.29, 0.717) is 12.1 Å². The molecule has 0 saturated heterocycles. The fourth-order valence-electron chi connectivity index (χ4n) is 3.31. The second-order valence-corrected chi connectivity index (χ2v) is 6.09. The number of fused-ring (bicyclic) bond motifs is 1. The van der Waals surface area contributed by atoms with Gasteiger partial charge < -0.3 is 10.2 Å². The summed E-state index contributed by atoms with van der Waals surface area (Å²) in [4.78, 5) is 2.57. The van der Waals surface area contributed by atoms with Crippen molar-refractivity contribution in [1.29, 1.82) is 0 Å². The summed E-state index contributed by atoms with van der Waals surface area (Å²) in [6.45, 7) is 6.85. The fourth-order valence-corrected chi connectivity index (χ4v) is 3.31. The summed E-state index contributed by atoms with van der Waals surface area (Å²) in [6, 6.07) is 10.1. The molecule has 1 aromatic carbocycles. The van der Waals surface area contributed by atoms with Crippen molar-refractivity contribution in [2.75, 3.05) is 20.1 Å². The van der Waals surface area contributed by atoms with Crippen molar-refractivity contribution in [3.8, 4) is 0 Å². The largest absolute Gasteiger partial charge is 0.309 e. The number of unbranched alkanes of at least 4 members (excludes halogenated alkanes) is 2. The number of benzene rings is 1. The van der Waals surface area contributed by atoms with E-state index in [2.05, 4.69) is 55.4 Å². The van der Waals surface area contributed by atoms with Crippen LogP contribution in [0.1, 0.15) is 56.7 Å². The number of likely N-dealkylation sites (N-methyl/N-ethyl adjacent to an activating group) is 1. The van der Waals surface area contributed by atoms with E-state index in [1.165, 1.54) is 49.8 Å². The van der Waals surface area contributed by atoms with Crippen LogP contribution in [-0.2, 0) is 6.42 Å². The van der Waals surface area contributed by atoms with Gasteiger partial charge in [0, 0.05) is 12.1 Å². The minimum atomic E-state index is 0.512. The van der Waals surface area contributed by atoms with Crippen LogP contribution >= 0.6 is 0 Å². The predicted molar refractivity (Wildman–Crippen MR) is 87.1 cm³/mol. The van der Waals surface area contributed by atoms with Crippen LogP contribution in [0, 0.1) is 0 Å². The molecule has 0 aliphatic heterocycles. The molecule has 0 fully saturated rings. The molecule has 0 aromatic heterocycles. The Labute approximate surface area is 124 Å². The molecule has 0 saturated carbocycles. The first-order valence-electron chi connectivity index (χ1n) is 8.29. The van der Waals surface area contributed by atoms with E-state index in [1.54, 1.807) is 0 Å². The molecule has 1 N–H and O–H groups in total. The van der Waals surface area contributed by atoms with E-state index in [4.69, 9.17) is 0 Å². The van der Waals surface area contributed by atoms with Crippen LogP contribution < -0.4 is 5.32 Å². The maximum absolute atomic E-state index is 3.77. The van der Waals surface area contributed by atoms with E-state index in [9.17, 15) is 0 Å². The highest BCUT2D eigenvalue weighted by Gasteiger charge is 2.33. The lowest BCUT2D eigenvalue weighted by atomic mass is 10.1. The summed E-state index contributed by atoms with van der Waals surface area (Å²) in [5, 5.41) is 3.77. The molecule has 20 heavy (non-hydrogen) atoms. The number of hydrogen-bond acceptors (Lipinski definition) is 2. The Kier molecular flexibility index (Phi) is 6.06. The maximum Gasteiger partial charge on any atom is 0.0484 e. The number of nitrogens with zero attached hydrogens (tertiary/aromatic N) is 1. The van der Waals surface area contributed by atoms with E-state index in [1.807, 2.05) is 0 Å². The lowest BCUT2D eigenvalue weighted by Gasteiger charge is -2.30. The van der Waals surface area contributed by atoms with Gasteiger partial charge in [-0.1, -0.05) is 51.0 Å². The van der Waals surface area contributed by atoms with Crippen LogP contribution in [0.4, 0.5) is 0 Å². The van der Waals surface area contributed by atoms with Gasteiger partial charge in [-0.25, -0.2) is 0 Å². The van der Waals surface area contributed by atoms with Gasteiger partial charge >= 0.3 is 0 Å². The average molecular weight is 274 g/mol. The first kappa shape index (κ1) is 15.5. The SMILES string of the molecule is CCCCCN(C)C1Cc2ccccc2C1NCCC. The molecule has 2 unspecified atom stereocenters. The van der Waals surface area contributed by atoms with Gasteiger partial charge in [-0.2, -0.15) is 0 Å². The summed E-state index contributed by atoms with van der Waals surface area (Å²) >= 11 is 0. The van der Waals surface area contributed by atoms with Gasteiger partial charge in [-0.3, -0.25) is 0 Å². The Morgan fingerprint density at radius 3 is 2.70 bits per heavy atom. The molecule has 2 heteroatoms. The van der Waals surface area contributed by atoms with E-state index >= 15 is 0 Å². The molecule has 0 radical (unpaired) electrons. The summed E-state index contributed by atoms with van der Waals surface area (Å²) in [5.41, 5.74) is 3.06. The zero-order chi connectivity index (χ0) is 14.4. The normalized spacial score (nSPS) is 21.4. The molecule has 0 amide bonds. The zero-order valence-corrected chi connectivity index (χ0v) is 13.4. The predicted octanol–water partition coefficient (Wildman–Crippen LogP) is 3.77. The third kappa shape index (κ3) is 3.62. The average Bonchev–Trinajstić information content (AvgIpc) is 2.84. The Balaban J connectivity index is 2.04. The van der Waals surface area contributed by atoms with Gasteiger partial charge in [0.05, 0.1) is 0 Å². The monoisotopic (exact) mass is 274 g/mol. The number of rotatable bonds is 8. The summed E-state index contributed by atoms with van der Waals surface area (Å²) in [6.07, 6.45) is 6.36. The van der Waals surface area contributed by atoms with Crippen molar-refractivity contribution >= 4 is 0 Å². The van der Waals surface area contributed by atoms with Crippen molar-refractivity contribution in [1.82, 2.24) is 10.2 Å². The van der Waals surface area contributed by atoms with Crippen LogP contribution in [0.25, 0.3) is 0 Å². The van der Waals surface area contributed by atoms with Crippen molar-refractivity contribution in [2.45, 2.75) is 58.0 Å². The molecule has 1 aliphatic carbocycles. The van der Waals surface area contributed by atoms with Crippen molar-refractivity contribution in [3.05, 3.63) is 35.4 Å². The minimum Gasteiger partial charge on any atom is -0.309 e. The first-order chi connectivity index (χ1) is 9.77. The van der Waals surface area contributed by atoms with Crippen molar-refractivity contribution < 1.29 is 0 Å². The molecule has 2 atom stereocenters. The van der Waals surface area contributed by atoms with Gasteiger partial charge in [-0.15, -0.1) is 0 Å². The van der Waals surface area contributed by atoms with Gasteiger partial charge in [0.15, 0.2) is 0 Å². The third-order valence-electron chi connectivity index (χ3n) is 4.50. The second kappa shape index (κ2) is 7.80. The molecule has 0 spiro atoms. The van der Waals surface area contributed by atoms with Gasteiger partial charge in [-0.05, 0) is 50.5 Å². The smallest absolute Gasteiger partial charge is 0.0484 e. The van der Waals surface area contributed by atoms with Gasteiger partial charge in [0.25, 0.3) is 0 Å². The highest BCUT2D eigenvalue weighted by Crippen LogP contribution is 2.34. The van der Waals surface area contributed by atoms with Crippen LogP contribution in [0.2, 0.25) is 0 Å². The van der Waals surface area contributed by atoms with Crippen LogP contribution in [0.3, 0.4) is 0 Å². The number of hydrogen-bond donors (Lipinski definition) is 1. The first-order valence-corrected chi connectivity index (χ1v) is 8.29. The van der Waals surface area contributed by atoms with E-state index < -0.39 is 0 Å². The molecule has 0 bridgehead atoms. The quantitative estimate of drug-likeness (QED) is 0.726. The topological polar surface area (TPSA) is 15.3 Å². The lowest BCUT2D eigenvalue weighted by molar-refractivity contribution is 0.200. The van der Waals surface area contributed by atoms with E-state index in [0.717, 1.165) is 6.54 Å². The third-order valence-corrected chi connectivity index (χ3v) is 4.50. The highest BCUT2D eigenvalue weighted by atomic mass is 15.2. The Morgan fingerprint density at radius 2 is 1.95 bits per heavy atom. The molecular formula is C18H30N2. The Morgan fingerprint density at radius 1 is 1.15 bits per heavy atom. The fraction of sp³-hybridized carbons (Fsp3) is 0.667. The molecule has 0 heterocycles. The van der Waals surface area contributed by atoms with Crippen LogP contribution in [-0.4, -0.2) is 31.1 Å². The van der Waals surface area contributed by atoms with Crippen molar-refractivity contribution in [2.24, 2.45) is 0 Å². The standard InChI is InChI=1S/C18H30N2/c1-4-6-9-13-20(3)17-14-15-10-7-8-11-16(15)18(17)19-12-5-2/h7-8,10-11,17-19H,4-6,9,12-14H2,1-3H3. The van der Waals surface area contributed by atoms with Crippen LogP contribution in [0.5, 0.6) is 0 Å². The van der Waals surface area contributed by atoms with E-state index in [-0.39, 0.29) is 0 Å². The molecule has 2 nitrogen and oxygen atoms in total. The number of nitrogens with one attached hydrogen (secondary N) is 1. The minimum absolute atomic E-state index is 0.512. The second-order valence-electron chi connectivity index (χ2n) is 6.09. The molecular weight excluding hydrogens is 244 g/mol. The molecule has 1 aromatic rings. The van der Waals surface area contributed by atoms with Crippen LogP contribution in [0.15, 0.2) is 24.3 Å². The summed E-state index contributed by atoms with van der Waals surface area (Å²) < 4.78 is 0. The maximum atomic E-state index is 3.77. The molecule has 2 rings (SSSR count). The highest BCUT2D eigenvalue weighted by molar-refractivity contribution is 5.37. The summed E-state index contributed by atoms with van der Waals surface area (Å²) in [7, 11) is 2.30.